The van der Waals surface area contributed by atoms with Gasteiger partial charge in [0.1, 0.15) is 29.7 Å². The Balaban J connectivity index is 1.46. The van der Waals surface area contributed by atoms with Gasteiger partial charge in [-0.1, -0.05) is 18.2 Å². The lowest BCUT2D eigenvalue weighted by Crippen LogP contribution is -2.48. The smallest absolute Gasteiger partial charge is 0.329 e. The number of carboxylic acid groups (broad SMARTS) is 1. The van der Waals surface area contributed by atoms with Crippen LogP contribution < -0.4 is 4.74 Å². The molecule has 0 aliphatic carbocycles. The van der Waals surface area contributed by atoms with Crippen LogP contribution in [0.4, 0.5) is 22.0 Å². The van der Waals surface area contributed by atoms with Crippen LogP contribution in [0.3, 0.4) is 0 Å². The van der Waals surface area contributed by atoms with Gasteiger partial charge in [-0.15, -0.1) is 0 Å². The van der Waals surface area contributed by atoms with Crippen molar-refractivity contribution in [3.05, 3.63) is 64.9 Å². The first kappa shape index (κ1) is 32.7. The highest BCUT2D eigenvalue weighted by atomic mass is 19.3. The molecular weight excluding hydrogens is 575 g/mol. The molecule has 7 nitrogen and oxygen atoms in total. The predicted molar refractivity (Wildman–Crippen MR) is 151 cm³/mol. The molecule has 1 aromatic heterocycles. The zero-order valence-corrected chi connectivity index (χ0v) is 24.4. The fourth-order valence-electron chi connectivity index (χ4n) is 5.45. The largest absolute Gasteiger partial charge is 0.493 e. The summed E-state index contributed by atoms with van der Waals surface area (Å²) in [7, 11) is 0. The van der Waals surface area contributed by atoms with Crippen LogP contribution in [0.2, 0.25) is 0 Å². The molecular formula is C31H37F5N2O5. The summed E-state index contributed by atoms with van der Waals surface area (Å²) in [6.45, 7) is 3.29. The third-order valence-corrected chi connectivity index (χ3v) is 7.35. The molecule has 0 saturated carbocycles. The highest BCUT2D eigenvalue weighted by molar-refractivity contribution is 5.85. The number of hydrogen-bond donors (Lipinski definition) is 2. The summed E-state index contributed by atoms with van der Waals surface area (Å²) < 4.78 is 90.0. The number of nitrogens with one attached hydrogen (secondary N) is 1. The van der Waals surface area contributed by atoms with Crippen LogP contribution in [-0.4, -0.2) is 78.2 Å². The van der Waals surface area contributed by atoms with Gasteiger partial charge in [0.15, 0.2) is 0 Å². The van der Waals surface area contributed by atoms with E-state index in [4.69, 9.17) is 19.3 Å². The molecule has 1 aliphatic heterocycles. The average Bonchev–Trinajstić information content (AvgIpc) is 3.26. The van der Waals surface area contributed by atoms with Crippen LogP contribution >= 0.6 is 0 Å². The summed E-state index contributed by atoms with van der Waals surface area (Å²) in [4.78, 5) is 15.4. The van der Waals surface area contributed by atoms with Crippen LogP contribution in [0, 0.1) is 11.6 Å². The normalized spacial score (nSPS) is 17.8. The topological polar surface area (TPSA) is 84.0 Å². The molecule has 0 bridgehead atoms. The number of halogens is 5. The molecule has 0 unspecified atom stereocenters. The Bertz CT molecular complexity index is 1380. The lowest BCUT2D eigenvalue weighted by molar-refractivity contribution is -0.142. The first-order valence-corrected chi connectivity index (χ1v) is 14.2. The number of ether oxygens (including phenoxy) is 3. The standard InChI is InChI=1S/C31H37F5N2O5/c1-19-14-22-21-6-4-5-7-25(21)37-28(22)29(38(19)18-30(2,3)34)27-23(32)15-20(16-24(27)33)43-11-9-31(35,36)8-10-41-12-13-42-17-26(39)40/h4-7,15-16,19,29,37H,8-14,17-18H2,1-3H3,(H,39,40)/t19-,29-/m1/s1. The van der Waals surface area contributed by atoms with Gasteiger partial charge in [-0.3, -0.25) is 4.90 Å². The van der Waals surface area contributed by atoms with Crippen molar-refractivity contribution in [1.29, 1.82) is 0 Å². The van der Waals surface area contributed by atoms with Gasteiger partial charge >= 0.3 is 5.97 Å². The molecule has 12 heteroatoms. The minimum absolute atomic E-state index is 0.0369. The van der Waals surface area contributed by atoms with E-state index in [1.807, 2.05) is 31.2 Å². The van der Waals surface area contributed by atoms with Crippen LogP contribution in [0.25, 0.3) is 10.9 Å². The number of aromatic amines is 1. The average molecular weight is 613 g/mol. The van der Waals surface area contributed by atoms with Crippen molar-refractivity contribution >= 4 is 16.9 Å². The van der Waals surface area contributed by atoms with E-state index in [2.05, 4.69) is 4.98 Å². The number of carboxylic acids is 1. The van der Waals surface area contributed by atoms with Crippen molar-refractivity contribution in [2.45, 2.75) is 63.7 Å². The molecule has 0 amide bonds. The molecule has 0 fully saturated rings. The maximum absolute atomic E-state index is 15.7. The van der Waals surface area contributed by atoms with Crippen molar-refractivity contribution in [2.24, 2.45) is 0 Å². The number of alkyl halides is 3. The number of carbonyl (C=O) groups is 1. The van der Waals surface area contributed by atoms with E-state index in [0.29, 0.717) is 12.1 Å². The number of para-hydroxylation sites is 1. The first-order chi connectivity index (χ1) is 20.3. The molecule has 1 aliphatic rings. The molecule has 3 aromatic rings. The van der Waals surface area contributed by atoms with Crippen molar-refractivity contribution in [3.8, 4) is 5.75 Å². The van der Waals surface area contributed by atoms with Gasteiger partial charge in [-0.05, 0) is 38.8 Å². The second-order valence-electron chi connectivity index (χ2n) is 11.5. The summed E-state index contributed by atoms with van der Waals surface area (Å²) in [5.74, 6) is -6.39. The molecule has 2 heterocycles. The molecule has 0 saturated heterocycles. The number of fused-ring (bicyclic) bond motifs is 3. The summed E-state index contributed by atoms with van der Waals surface area (Å²) >= 11 is 0. The van der Waals surface area contributed by atoms with Crippen LogP contribution in [0.5, 0.6) is 5.75 Å². The fraction of sp³-hybridized carbons (Fsp3) is 0.516. The van der Waals surface area contributed by atoms with E-state index in [1.165, 1.54) is 13.8 Å². The number of benzene rings is 2. The quantitative estimate of drug-likeness (QED) is 0.152. The van der Waals surface area contributed by atoms with Crippen LogP contribution in [-0.2, 0) is 20.7 Å². The van der Waals surface area contributed by atoms with Crippen molar-refractivity contribution in [3.63, 3.8) is 0 Å². The van der Waals surface area contributed by atoms with E-state index in [1.54, 1.807) is 4.90 Å². The Hall–Kier alpha value is -3.22. The van der Waals surface area contributed by atoms with Crippen molar-refractivity contribution < 1.29 is 46.1 Å². The number of aromatic nitrogens is 1. The predicted octanol–water partition coefficient (Wildman–Crippen LogP) is 6.44. The molecule has 2 N–H and O–H groups in total. The second-order valence-corrected chi connectivity index (χ2v) is 11.5. The number of rotatable bonds is 15. The van der Waals surface area contributed by atoms with E-state index >= 15 is 8.78 Å². The highest BCUT2D eigenvalue weighted by Gasteiger charge is 2.41. The zero-order valence-electron chi connectivity index (χ0n) is 24.4. The van der Waals surface area contributed by atoms with Crippen molar-refractivity contribution in [2.75, 3.05) is 39.6 Å². The van der Waals surface area contributed by atoms with E-state index < -0.39 is 61.3 Å². The monoisotopic (exact) mass is 612 g/mol. The van der Waals surface area contributed by atoms with E-state index in [9.17, 15) is 18.0 Å². The molecule has 4 rings (SSSR count). The Labute approximate surface area is 246 Å². The van der Waals surface area contributed by atoms with Gasteiger partial charge in [-0.2, -0.15) is 0 Å². The summed E-state index contributed by atoms with van der Waals surface area (Å²) in [5.41, 5.74) is 0.399. The van der Waals surface area contributed by atoms with Crippen LogP contribution in [0.1, 0.15) is 56.5 Å². The minimum atomic E-state index is -3.16. The third-order valence-electron chi connectivity index (χ3n) is 7.35. The first-order valence-electron chi connectivity index (χ1n) is 14.2. The minimum Gasteiger partial charge on any atom is -0.493 e. The number of H-pyrrole nitrogens is 1. The Morgan fingerprint density at radius 2 is 1.67 bits per heavy atom. The molecule has 0 spiro atoms. The van der Waals surface area contributed by atoms with Gasteiger partial charge in [0.05, 0.1) is 32.5 Å². The summed E-state index contributed by atoms with van der Waals surface area (Å²) in [5, 5.41) is 9.41. The highest BCUT2D eigenvalue weighted by Crippen LogP contribution is 2.43. The maximum Gasteiger partial charge on any atom is 0.329 e. The van der Waals surface area contributed by atoms with Gasteiger partial charge < -0.3 is 24.3 Å². The molecule has 2 aromatic carbocycles. The summed E-state index contributed by atoms with van der Waals surface area (Å²) in [6, 6.07) is 8.31. The Kier molecular flexibility index (Phi) is 10.3. The lowest BCUT2D eigenvalue weighted by Gasteiger charge is -2.43. The Morgan fingerprint density at radius 1 is 1.02 bits per heavy atom. The van der Waals surface area contributed by atoms with Gasteiger partial charge in [0.2, 0.25) is 0 Å². The summed E-state index contributed by atoms with van der Waals surface area (Å²) in [6.07, 6.45) is -0.771. The Morgan fingerprint density at radius 3 is 2.35 bits per heavy atom. The van der Waals surface area contributed by atoms with E-state index in [0.717, 1.165) is 28.6 Å². The van der Waals surface area contributed by atoms with Crippen LogP contribution in [0.15, 0.2) is 36.4 Å². The molecule has 2 atom stereocenters. The van der Waals surface area contributed by atoms with Gasteiger partial charge in [-0.25, -0.2) is 26.7 Å². The van der Waals surface area contributed by atoms with Crippen molar-refractivity contribution in [1.82, 2.24) is 9.88 Å². The third kappa shape index (κ3) is 8.45. The zero-order chi connectivity index (χ0) is 31.4. The fourth-order valence-corrected chi connectivity index (χ4v) is 5.45. The second kappa shape index (κ2) is 13.6. The molecule has 43 heavy (non-hydrogen) atoms. The molecule has 236 valence electrons. The molecule has 0 radical (unpaired) electrons. The number of aliphatic carboxylic acids is 1. The number of nitrogens with zero attached hydrogens (tertiary/aromatic N) is 1. The SMILES string of the molecule is C[C@@H]1Cc2c([nH]c3ccccc23)[C@@H](c2c(F)cc(OCCC(F)(F)CCOCCOCC(=O)O)cc2F)N1CC(C)(C)F. The van der Waals surface area contributed by atoms with Gasteiger partial charge in [0.25, 0.3) is 5.92 Å². The number of hydrogen-bond acceptors (Lipinski definition) is 5. The van der Waals surface area contributed by atoms with E-state index in [-0.39, 0.29) is 43.7 Å². The maximum atomic E-state index is 15.7. The van der Waals surface area contributed by atoms with Gasteiger partial charge in [0, 0.05) is 59.7 Å². The lowest BCUT2D eigenvalue weighted by atomic mass is 9.87.